The largest absolute Gasteiger partial charge is 0.378 e. The molecule has 4 unspecified atom stereocenters. The zero-order valence-corrected chi connectivity index (χ0v) is 14.6. The molecule has 2 aliphatic carbocycles. The Labute approximate surface area is 155 Å². The molecule has 8 nitrogen and oxygen atoms in total. The lowest BCUT2D eigenvalue weighted by Crippen LogP contribution is -2.37. The number of carbonyl (C=O) groups excluding carboxylic acids is 2. The number of amides is 2. The van der Waals surface area contributed by atoms with Crippen LogP contribution >= 0.6 is 0 Å². The van der Waals surface area contributed by atoms with Gasteiger partial charge in [0.1, 0.15) is 5.69 Å². The smallest absolute Gasteiger partial charge is 0.294 e. The number of hydrogen-bond donors (Lipinski definition) is 0. The summed E-state index contributed by atoms with van der Waals surface area (Å²) in [7, 11) is 0. The summed E-state index contributed by atoms with van der Waals surface area (Å²) in [5, 5.41) is 11.7. The highest BCUT2D eigenvalue weighted by atomic mass is 16.6. The fourth-order valence-electron chi connectivity index (χ4n) is 5.03. The van der Waals surface area contributed by atoms with Crippen molar-refractivity contribution in [2.45, 2.75) is 6.42 Å². The van der Waals surface area contributed by atoms with E-state index in [0.717, 1.165) is 11.3 Å². The third-order valence-corrected chi connectivity index (χ3v) is 6.24. The number of anilines is 2. The van der Waals surface area contributed by atoms with Crippen LogP contribution in [0.1, 0.15) is 6.42 Å². The van der Waals surface area contributed by atoms with Crippen LogP contribution in [-0.2, 0) is 14.3 Å². The van der Waals surface area contributed by atoms with Crippen molar-refractivity contribution < 1.29 is 19.2 Å². The van der Waals surface area contributed by atoms with Gasteiger partial charge in [-0.25, -0.2) is 4.90 Å². The van der Waals surface area contributed by atoms with Gasteiger partial charge in [0.15, 0.2) is 0 Å². The Balaban J connectivity index is 1.51. The second kappa shape index (κ2) is 5.88. The zero-order valence-electron chi connectivity index (χ0n) is 14.6. The van der Waals surface area contributed by atoms with Gasteiger partial charge in [0.05, 0.1) is 35.7 Å². The monoisotopic (exact) mass is 369 g/mol. The van der Waals surface area contributed by atoms with Crippen LogP contribution in [0.25, 0.3) is 0 Å². The van der Waals surface area contributed by atoms with Gasteiger partial charge < -0.3 is 9.64 Å². The molecule has 8 heteroatoms. The first-order chi connectivity index (χ1) is 13.1. The summed E-state index contributed by atoms with van der Waals surface area (Å²) < 4.78 is 5.31. The molecule has 2 bridgehead atoms. The number of carbonyl (C=O) groups is 2. The summed E-state index contributed by atoms with van der Waals surface area (Å²) in [5.41, 5.74) is 0.698. The summed E-state index contributed by atoms with van der Waals surface area (Å²) in [5.74, 6) is -0.852. The Bertz CT molecular complexity index is 846. The first-order valence-corrected chi connectivity index (χ1v) is 9.23. The van der Waals surface area contributed by atoms with Crippen LogP contribution < -0.4 is 9.80 Å². The molecule has 2 aliphatic heterocycles. The van der Waals surface area contributed by atoms with Gasteiger partial charge in [0.25, 0.3) is 5.69 Å². The summed E-state index contributed by atoms with van der Waals surface area (Å²) in [6.07, 6.45) is 4.92. The molecule has 2 amide bonds. The average molecular weight is 369 g/mol. The van der Waals surface area contributed by atoms with E-state index in [1.54, 1.807) is 12.1 Å². The van der Waals surface area contributed by atoms with E-state index in [4.69, 9.17) is 4.74 Å². The molecule has 3 fully saturated rings. The van der Waals surface area contributed by atoms with Gasteiger partial charge in [0.2, 0.25) is 11.8 Å². The number of hydrogen-bond acceptors (Lipinski definition) is 6. The third kappa shape index (κ3) is 2.32. The van der Waals surface area contributed by atoms with Crippen LogP contribution in [0.3, 0.4) is 0 Å². The Morgan fingerprint density at radius 3 is 2.26 bits per heavy atom. The lowest BCUT2D eigenvalue weighted by atomic mass is 9.85. The molecule has 140 valence electrons. The van der Waals surface area contributed by atoms with Crippen LogP contribution in [-0.4, -0.2) is 43.0 Å². The highest BCUT2D eigenvalue weighted by Gasteiger charge is 2.59. The highest BCUT2D eigenvalue weighted by Crippen LogP contribution is 2.53. The van der Waals surface area contributed by atoms with Crippen molar-refractivity contribution in [3.63, 3.8) is 0 Å². The third-order valence-electron chi connectivity index (χ3n) is 6.24. The predicted molar refractivity (Wildman–Crippen MR) is 96.3 cm³/mol. The topological polar surface area (TPSA) is 93.0 Å². The van der Waals surface area contributed by atoms with Gasteiger partial charge in [0, 0.05) is 19.2 Å². The Kier molecular flexibility index (Phi) is 3.58. The first-order valence-electron chi connectivity index (χ1n) is 9.23. The number of morpholine rings is 1. The molecular formula is C19H19N3O5. The Morgan fingerprint density at radius 2 is 1.67 bits per heavy atom. The fourth-order valence-corrected chi connectivity index (χ4v) is 5.03. The fraction of sp³-hybridized carbons (Fsp3) is 0.474. The molecule has 1 saturated carbocycles. The second-order valence-electron chi connectivity index (χ2n) is 7.54. The molecule has 1 aromatic rings. The number of rotatable bonds is 3. The molecule has 0 aromatic heterocycles. The van der Waals surface area contributed by atoms with Gasteiger partial charge in [-0.1, -0.05) is 12.2 Å². The summed E-state index contributed by atoms with van der Waals surface area (Å²) in [6.45, 7) is 2.17. The molecule has 2 heterocycles. The van der Waals surface area contributed by atoms with E-state index >= 15 is 0 Å². The summed E-state index contributed by atoms with van der Waals surface area (Å²) in [4.78, 5) is 40.1. The SMILES string of the molecule is O=C1C2C3C=CC(C3)C2C(=O)N1c1ccc(N2CCOCC2)c([N+](=O)[O-])c1. The maximum atomic E-state index is 12.9. The molecule has 0 N–H and O–H groups in total. The van der Waals surface area contributed by atoms with Crippen LogP contribution in [0.15, 0.2) is 30.4 Å². The van der Waals surface area contributed by atoms with E-state index in [0.29, 0.717) is 37.7 Å². The Hall–Kier alpha value is -2.74. The first kappa shape index (κ1) is 16.4. The van der Waals surface area contributed by atoms with E-state index in [-0.39, 0.29) is 41.2 Å². The van der Waals surface area contributed by atoms with Gasteiger partial charge >= 0.3 is 0 Å². The highest BCUT2D eigenvalue weighted by molar-refractivity contribution is 6.23. The van der Waals surface area contributed by atoms with Crippen molar-refractivity contribution in [1.29, 1.82) is 0 Å². The van der Waals surface area contributed by atoms with Crippen molar-refractivity contribution in [3.05, 3.63) is 40.5 Å². The quantitative estimate of drug-likeness (QED) is 0.349. The zero-order chi connectivity index (χ0) is 18.7. The minimum atomic E-state index is -0.453. The van der Waals surface area contributed by atoms with Crippen molar-refractivity contribution >= 4 is 28.9 Å². The van der Waals surface area contributed by atoms with Gasteiger partial charge in [-0.2, -0.15) is 0 Å². The van der Waals surface area contributed by atoms with Crippen molar-refractivity contribution in [2.24, 2.45) is 23.7 Å². The molecule has 2 saturated heterocycles. The maximum absolute atomic E-state index is 12.9. The van der Waals surface area contributed by atoms with Crippen LogP contribution in [0.4, 0.5) is 17.1 Å². The number of fused-ring (bicyclic) bond motifs is 5. The van der Waals surface area contributed by atoms with E-state index < -0.39 is 4.92 Å². The standard InChI is InChI=1S/C19H19N3O5/c23-18-16-11-1-2-12(9-11)17(16)19(24)21(18)13-3-4-14(15(10-13)22(25)26)20-5-7-27-8-6-20/h1-4,10-12,16-17H,5-9H2. The molecule has 27 heavy (non-hydrogen) atoms. The van der Waals surface area contributed by atoms with Crippen molar-refractivity contribution in [3.8, 4) is 0 Å². The molecule has 5 rings (SSSR count). The lowest BCUT2D eigenvalue weighted by molar-refractivity contribution is -0.384. The second-order valence-corrected chi connectivity index (χ2v) is 7.54. The van der Waals surface area contributed by atoms with E-state index in [2.05, 4.69) is 0 Å². The maximum Gasteiger partial charge on any atom is 0.294 e. The molecule has 0 spiro atoms. The lowest BCUT2D eigenvalue weighted by Gasteiger charge is -2.29. The normalized spacial score (nSPS) is 31.7. The number of allylic oxidation sites excluding steroid dienone is 2. The number of benzene rings is 1. The van der Waals surface area contributed by atoms with Gasteiger partial charge in [-0.3, -0.25) is 19.7 Å². The average Bonchev–Trinajstić information content (AvgIpc) is 3.36. The summed E-state index contributed by atoms with van der Waals surface area (Å²) >= 11 is 0. The Morgan fingerprint density at radius 1 is 1.04 bits per heavy atom. The molecule has 4 atom stereocenters. The van der Waals surface area contributed by atoms with Crippen LogP contribution in [0.2, 0.25) is 0 Å². The molecule has 1 aromatic carbocycles. The number of nitro groups is 1. The van der Waals surface area contributed by atoms with Crippen molar-refractivity contribution in [2.75, 3.05) is 36.1 Å². The number of imide groups is 1. The number of nitrogens with zero attached hydrogens (tertiary/aromatic N) is 3. The van der Waals surface area contributed by atoms with Gasteiger partial charge in [-0.05, 0) is 30.4 Å². The van der Waals surface area contributed by atoms with Crippen LogP contribution in [0, 0.1) is 33.8 Å². The van der Waals surface area contributed by atoms with E-state index in [9.17, 15) is 19.7 Å². The van der Waals surface area contributed by atoms with Crippen LogP contribution in [0.5, 0.6) is 0 Å². The van der Waals surface area contributed by atoms with Gasteiger partial charge in [-0.15, -0.1) is 0 Å². The number of nitro benzene ring substituents is 1. The summed E-state index contributed by atoms with van der Waals surface area (Å²) in [6, 6.07) is 4.64. The minimum absolute atomic E-state index is 0.0897. The van der Waals surface area contributed by atoms with E-state index in [1.165, 1.54) is 6.07 Å². The van der Waals surface area contributed by atoms with Crippen molar-refractivity contribution in [1.82, 2.24) is 0 Å². The predicted octanol–water partition coefficient (Wildman–Crippen LogP) is 1.74. The number of ether oxygens (including phenoxy) is 1. The molecule has 4 aliphatic rings. The van der Waals surface area contributed by atoms with E-state index in [1.807, 2.05) is 17.1 Å². The molecule has 0 radical (unpaired) electrons. The molecular weight excluding hydrogens is 350 g/mol. The minimum Gasteiger partial charge on any atom is -0.378 e.